The zero-order valence-electron chi connectivity index (χ0n) is 12.8. The molecule has 2 aromatic carbocycles. The van der Waals surface area contributed by atoms with Gasteiger partial charge in [-0.05, 0) is 23.3 Å². The zero-order valence-corrected chi connectivity index (χ0v) is 14.4. The highest BCUT2D eigenvalue weighted by atomic mass is 35.5. The van der Waals surface area contributed by atoms with E-state index in [0.717, 1.165) is 16.7 Å². The maximum Gasteiger partial charge on any atom is 0.337 e. The van der Waals surface area contributed by atoms with Crippen molar-refractivity contribution in [3.63, 3.8) is 0 Å². The summed E-state index contributed by atoms with van der Waals surface area (Å²) in [4.78, 5) is 15.1. The summed E-state index contributed by atoms with van der Waals surface area (Å²) in [7, 11) is 0. The Morgan fingerprint density at radius 2 is 2.12 bits per heavy atom. The Kier molecular flexibility index (Phi) is 4.97. The van der Waals surface area contributed by atoms with Gasteiger partial charge < -0.3 is 10.8 Å². The Labute approximate surface area is 152 Å². The summed E-state index contributed by atoms with van der Waals surface area (Å²) in [6.07, 6.45) is 1.66. The van der Waals surface area contributed by atoms with E-state index in [2.05, 4.69) is 15.5 Å². The Morgan fingerprint density at radius 3 is 2.80 bits per heavy atom. The van der Waals surface area contributed by atoms with Crippen molar-refractivity contribution in [2.24, 2.45) is 5.10 Å². The lowest BCUT2D eigenvalue weighted by Crippen LogP contribution is -1.98. The molecule has 126 valence electrons. The second-order valence-corrected chi connectivity index (χ2v) is 6.30. The van der Waals surface area contributed by atoms with Crippen LogP contribution in [0.2, 0.25) is 5.02 Å². The van der Waals surface area contributed by atoms with E-state index in [4.69, 9.17) is 22.4 Å². The van der Waals surface area contributed by atoms with Crippen LogP contribution in [0.5, 0.6) is 0 Å². The molecule has 6 nitrogen and oxygen atoms in total. The van der Waals surface area contributed by atoms with Crippen LogP contribution in [0.3, 0.4) is 0 Å². The van der Waals surface area contributed by atoms with Crippen molar-refractivity contribution in [1.29, 1.82) is 0 Å². The summed E-state index contributed by atoms with van der Waals surface area (Å²) in [6.45, 7) is 0. The molecule has 0 saturated carbocycles. The quantitative estimate of drug-likeness (QED) is 0.460. The van der Waals surface area contributed by atoms with Gasteiger partial charge in [0.15, 0.2) is 0 Å². The fourth-order valence-corrected chi connectivity index (χ4v) is 3.03. The fraction of sp³-hybridized carbons (Fsp3) is 0. The second-order valence-electron chi connectivity index (χ2n) is 5.03. The largest absolute Gasteiger partial charge is 0.478 e. The van der Waals surface area contributed by atoms with Crippen molar-refractivity contribution in [3.8, 4) is 11.1 Å². The van der Waals surface area contributed by atoms with Crippen LogP contribution in [0.15, 0.2) is 52.9 Å². The molecule has 0 spiro atoms. The molecule has 4 N–H and O–H groups in total. The number of anilines is 2. The number of halogens is 1. The van der Waals surface area contributed by atoms with E-state index in [9.17, 15) is 4.79 Å². The highest BCUT2D eigenvalue weighted by molar-refractivity contribution is 7.14. The Morgan fingerprint density at radius 1 is 1.32 bits per heavy atom. The van der Waals surface area contributed by atoms with Crippen molar-refractivity contribution in [2.75, 3.05) is 11.2 Å². The number of hydrogen-bond donors (Lipinski definition) is 3. The number of nitrogens with zero attached hydrogens (tertiary/aromatic N) is 2. The summed E-state index contributed by atoms with van der Waals surface area (Å²) < 4.78 is 0. The summed E-state index contributed by atoms with van der Waals surface area (Å²) in [5, 5.41) is 15.8. The summed E-state index contributed by atoms with van der Waals surface area (Å²) in [6, 6.07) is 12.4. The Bertz CT molecular complexity index is 955. The number of nitrogens with two attached hydrogens (primary N) is 1. The Balaban J connectivity index is 1.88. The van der Waals surface area contributed by atoms with Gasteiger partial charge in [-0.3, -0.25) is 5.43 Å². The van der Waals surface area contributed by atoms with E-state index in [1.165, 1.54) is 17.4 Å². The third kappa shape index (κ3) is 3.96. The van der Waals surface area contributed by atoms with Gasteiger partial charge in [0.2, 0.25) is 5.13 Å². The fourth-order valence-electron chi connectivity index (χ4n) is 2.22. The first kappa shape index (κ1) is 16.9. The number of carbonyl (C=O) groups is 1. The van der Waals surface area contributed by atoms with Crippen LogP contribution in [0.1, 0.15) is 15.9 Å². The SMILES string of the molecule is Nc1csc(NN=Cc2ccccc2-c2ccc(C(=O)O)c(Cl)c2)n1. The molecule has 3 rings (SSSR count). The van der Waals surface area contributed by atoms with Crippen LogP contribution in [0, 0.1) is 0 Å². The van der Waals surface area contributed by atoms with E-state index < -0.39 is 5.97 Å². The highest BCUT2D eigenvalue weighted by Gasteiger charge is 2.11. The van der Waals surface area contributed by atoms with Gasteiger partial charge in [-0.25, -0.2) is 9.78 Å². The molecule has 3 aromatic rings. The van der Waals surface area contributed by atoms with Crippen LogP contribution in [-0.2, 0) is 0 Å². The molecule has 0 aliphatic carbocycles. The molecule has 25 heavy (non-hydrogen) atoms. The molecule has 0 radical (unpaired) electrons. The number of thiazole rings is 1. The molecule has 0 aliphatic heterocycles. The first-order valence-corrected chi connectivity index (χ1v) is 8.42. The molecule has 0 aliphatic rings. The monoisotopic (exact) mass is 372 g/mol. The van der Waals surface area contributed by atoms with Gasteiger partial charge in [0, 0.05) is 10.9 Å². The predicted molar refractivity (Wildman–Crippen MR) is 102 cm³/mol. The number of carboxylic acids is 1. The Hall–Kier alpha value is -2.90. The smallest absolute Gasteiger partial charge is 0.337 e. The maximum atomic E-state index is 11.1. The first-order valence-electron chi connectivity index (χ1n) is 7.17. The second kappa shape index (κ2) is 7.33. The van der Waals surface area contributed by atoms with Gasteiger partial charge in [-0.1, -0.05) is 41.9 Å². The van der Waals surface area contributed by atoms with Crippen molar-refractivity contribution in [2.45, 2.75) is 0 Å². The molecule has 1 aromatic heterocycles. The third-order valence-electron chi connectivity index (χ3n) is 3.36. The average molecular weight is 373 g/mol. The third-order valence-corrected chi connectivity index (χ3v) is 4.43. The number of nitrogens with one attached hydrogen (secondary N) is 1. The lowest BCUT2D eigenvalue weighted by Gasteiger charge is -2.08. The number of aromatic nitrogens is 1. The van der Waals surface area contributed by atoms with Gasteiger partial charge in [-0.15, -0.1) is 11.3 Å². The van der Waals surface area contributed by atoms with E-state index in [-0.39, 0.29) is 10.6 Å². The maximum absolute atomic E-state index is 11.1. The summed E-state index contributed by atoms with van der Waals surface area (Å²) in [5.41, 5.74) is 11.0. The molecular formula is C17H13ClN4O2S. The average Bonchev–Trinajstić information content (AvgIpc) is 3.00. The van der Waals surface area contributed by atoms with Crippen LogP contribution < -0.4 is 11.2 Å². The standard InChI is InChI=1S/C17H13ClN4O2S/c18-14-7-10(5-6-13(14)16(23)24)12-4-2-1-3-11(12)8-20-22-17-21-15(19)9-25-17/h1-9H,19H2,(H,21,22)(H,23,24). The molecular weight excluding hydrogens is 360 g/mol. The van der Waals surface area contributed by atoms with Crippen LogP contribution in [0.25, 0.3) is 11.1 Å². The molecule has 1 heterocycles. The molecule has 0 saturated heterocycles. The van der Waals surface area contributed by atoms with Crippen LogP contribution >= 0.6 is 22.9 Å². The van der Waals surface area contributed by atoms with Gasteiger partial charge >= 0.3 is 5.97 Å². The van der Waals surface area contributed by atoms with Crippen LogP contribution in [-0.4, -0.2) is 22.3 Å². The van der Waals surface area contributed by atoms with E-state index in [1.54, 1.807) is 23.7 Å². The summed E-state index contributed by atoms with van der Waals surface area (Å²) in [5.74, 6) is -0.616. The molecule has 0 bridgehead atoms. The van der Waals surface area contributed by atoms with Crippen molar-refractivity contribution >= 4 is 46.1 Å². The minimum atomic E-state index is -1.06. The number of aromatic carboxylic acids is 1. The number of hydrazone groups is 1. The zero-order chi connectivity index (χ0) is 17.8. The van der Waals surface area contributed by atoms with Crippen molar-refractivity contribution < 1.29 is 9.90 Å². The topological polar surface area (TPSA) is 101 Å². The van der Waals surface area contributed by atoms with E-state index >= 15 is 0 Å². The van der Waals surface area contributed by atoms with Crippen molar-refractivity contribution in [1.82, 2.24) is 4.98 Å². The molecule has 0 unspecified atom stereocenters. The normalized spacial score (nSPS) is 10.9. The van der Waals surface area contributed by atoms with Crippen LogP contribution in [0.4, 0.5) is 10.9 Å². The lowest BCUT2D eigenvalue weighted by molar-refractivity contribution is 0.0697. The van der Waals surface area contributed by atoms with Gasteiger partial charge in [-0.2, -0.15) is 5.10 Å². The van der Waals surface area contributed by atoms with Gasteiger partial charge in [0.25, 0.3) is 0 Å². The van der Waals surface area contributed by atoms with Gasteiger partial charge in [0.05, 0.1) is 16.8 Å². The molecule has 0 atom stereocenters. The number of nitrogen functional groups attached to an aromatic ring is 1. The van der Waals surface area contributed by atoms with Crippen molar-refractivity contribution in [3.05, 3.63) is 64.0 Å². The number of carboxylic acid groups (broad SMARTS) is 1. The molecule has 0 amide bonds. The minimum Gasteiger partial charge on any atom is -0.478 e. The number of rotatable bonds is 5. The number of benzene rings is 2. The summed E-state index contributed by atoms with van der Waals surface area (Å²) >= 11 is 7.43. The van der Waals surface area contributed by atoms with E-state index in [0.29, 0.717) is 10.9 Å². The van der Waals surface area contributed by atoms with E-state index in [1.807, 2.05) is 24.3 Å². The number of hydrogen-bond acceptors (Lipinski definition) is 6. The predicted octanol–water partition coefficient (Wildman–Crippen LogP) is 4.19. The first-order chi connectivity index (χ1) is 12.0. The lowest BCUT2D eigenvalue weighted by atomic mass is 9.99. The molecule has 0 fully saturated rings. The minimum absolute atomic E-state index is 0.0691. The van der Waals surface area contributed by atoms with Gasteiger partial charge in [0.1, 0.15) is 5.82 Å². The molecule has 8 heteroatoms. The highest BCUT2D eigenvalue weighted by Crippen LogP contribution is 2.28.